The fourth-order valence-electron chi connectivity index (χ4n) is 1.05. The SMILES string of the molecule is CC(C)(C#N)N=NC(C)(C)C#N.CC(C)CC(C)C#N. The van der Waals surface area contributed by atoms with E-state index in [9.17, 15) is 0 Å². The van der Waals surface area contributed by atoms with Crippen LogP contribution in [0.15, 0.2) is 10.2 Å². The Kier molecular flexibility index (Phi) is 9.23. The fourth-order valence-corrected chi connectivity index (χ4v) is 1.05. The Hall–Kier alpha value is -1.93. The molecule has 0 aliphatic carbocycles. The van der Waals surface area contributed by atoms with Gasteiger partial charge in [-0.3, -0.25) is 0 Å². The summed E-state index contributed by atoms with van der Waals surface area (Å²) in [7, 11) is 0. The van der Waals surface area contributed by atoms with E-state index in [4.69, 9.17) is 15.8 Å². The van der Waals surface area contributed by atoms with E-state index < -0.39 is 11.1 Å². The summed E-state index contributed by atoms with van der Waals surface area (Å²) in [5.74, 6) is 0.889. The van der Waals surface area contributed by atoms with Gasteiger partial charge in [-0.05, 0) is 47.0 Å². The Morgan fingerprint density at radius 3 is 1.35 bits per heavy atom. The van der Waals surface area contributed by atoms with Crippen LogP contribution in [0, 0.1) is 45.8 Å². The molecule has 0 saturated carbocycles. The van der Waals surface area contributed by atoms with Crippen LogP contribution >= 0.6 is 0 Å². The molecule has 0 heterocycles. The third-order valence-electron chi connectivity index (χ3n) is 2.14. The second-order valence-electron chi connectivity index (χ2n) is 6.20. The minimum atomic E-state index is -0.839. The molecule has 0 bridgehead atoms. The van der Waals surface area contributed by atoms with Gasteiger partial charge in [0, 0.05) is 5.92 Å². The van der Waals surface area contributed by atoms with Crippen molar-refractivity contribution < 1.29 is 0 Å². The van der Waals surface area contributed by atoms with Crippen LogP contribution in [0.5, 0.6) is 0 Å². The van der Waals surface area contributed by atoms with Crippen molar-refractivity contribution in [3.05, 3.63) is 0 Å². The third kappa shape index (κ3) is 12.5. The summed E-state index contributed by atoms with van der Waals surface area (Å²) in [5, 5.41) is 33.0. The summed E-state index contributed by atoms with van der Waals surface area (Å²) in [6.07, 6.45) is 1.02. The molecule has 0 rings (SSSR count). The number of nitriles is 3. The summed E-state index contributed by atoms with van der Waals surface area (Å²) in [6, 6.07) is 6.13. The molecule has 0 fully saturated rings. The summed E-state index contributed by atoms with van der Waals surface area (Å²) < 4.78 is 0. The van der Waals surface area contributed by atoms with Crippen molar-refractivity contribution in [2.24, 2.45) is 22.1 Å². The molecule has 0 aliphatic heterocycles. The second-order valence-corrected chi connectivity index (χ2v) is 6.20. The average Bonchev–Trinajstić information content (AvgIpc) is 2.37. The molecule has 0 amide bonds. The van der Waals surface area contributed by atoms with Gasteiger partial charge in [-0.25, -0.2) is 0 Å². The van der Waals surface area contributed by atoms with Crippen LogP contribution in [0.25, 0.3) is 0 Å². The van der Waals surface area contributed by atoms with Gasteiger partial charge in [0.1, 0.15) is 0 Å². The number of nitrogens with zero attached hydrogens (tertiary/aromatic N) is 5. The number of rotatable bonds is 4. The molecule has 5 nitrogen and oxygen atoms in total. The van der Waals surface area contributed by atoms with E-state index in [2.05, 4.69) is 30.1 Å². The second kappa shape index (κ2) is 9.05. The highest BCUT2D eigenvalue weighted by atomic mass is 15.2. The van der Waals surface area contributed by atoms with Gasteiger partial charge in [-0.1, -0.05) is 13.8 Å². The topological polar surface area (TPSA) is 96.1 Å². The van der Waals surface area contributed by atoms with Crippen LogP contribution in [0.4, 0.5) is 0 Å². The van der Waals surface area contributed by atoms with Gasteiger partial charge in [0.05, 0.1) is 18.2 Å². The zero-order chi connectivity index (χ0) is 16.4. The minimum absolute atomic E-state index is 0.231. The lowest BCUT2D eigenvalue weighted by Crippen LogP contribution is -2.17. The normalized spacial score (nSPS) is 12.8. The highest BCUT2D eigenvalue weighted by Crippen LogP contribution is 2.13. The minimum Gasteiger partial charge on any atom is -0.198 e. The van der Waals surface area contributed by atoms with Crippen molar-refractivity contribution in [1.82, 2.24) is 0 Å². The molecule has 0 saturated heterocycles. The van der Waals surface area contributed by atoms with Crippen LogP contribution in [0.2, 0.25) is 0 Å². The van der Waals surface area contributed by atoms with E-state index in [-0.39, 0.29) is 5.92 Å². The summed E-state index contributed by atoms with van der Waals surface area (Å²) in [5.41, 5.74) is -1.68. The van der Waals surface area contributed by atoms with Gasteiger partial charge >= 0.3 is 0 Å². The van der Waals surface area contributed by atoms with Gasteiger partial charge in [-0.2, -0.15) is 26.0 Å². The van der Waals surface area contributed by atoms with Gasteiger partial charge in [0.25, 0.3) is 0 Å². The Balaban J connectivity index is 0. The molecule has 0 N–H and O–H groups in total. The first-order valence-electron chi connectivity index (χ1n) is 6.66. The lowest BCUT2D eigenvalue weighted by Gasteiger charge is -2.11. The first kappa shape index (κ1) is 20.4. The number of hydrogen-bond donors (Lipinski definition) is 0. The van der Waals surface area contributed by atoms with Crippen molar-refractivity contribution in [2.75, 3.05) is 0 Å². The van der Waals surface area contributed by atoms with E-state index in [0.29, 0.717) is 5.92 Å². The van der Waals surface area contributed by atoms with Crippen molar-refractivity contribution in [2.45, 2.75) is 66.0 Å². The molecule has 0 aromatic heterocycles. The predicted molar refractivity (Wildman–Crippen MR) is 78.5 cm³/mol. The quantitative estimate of drug-likeness (QED) is 0.718. The van der Waals surface area contributed by atoms with Crippen molar-refractivity contribution in [3.8, 4) is 18.2 Å². The molecule has 5 heteroatoms. The molecule has 0 aromatic carbocycles. The molecule has 110 valence electrons. The number of hydrogen-bond acceptors (Lipinski definition) is 5. The zero-order valence-corrected chi connectivity index (χ0v) is 13.6. The van der Waals surface area contributed by atoms with E-state index in [1.54, 1.807) is 27.7 Å². The maximum atomic E-state index is 8.58. The molecule has 1 unspecified atom stereocenters. The first-order valence-corrected chi connectivity index (χ1v) is 6.66. The molecule has 1 atom stereocenters. The first-order chi connectivity index (χ1) is 8.99. The lowest BCUT2D eigenvalue weighted by molar-refractivity contribution is 0.510. The molecule has 0 aromatic rings. The maximum Gasteiger partial charge on any atom is 0.162 e. The monoisotopic (exact) mass is 275 g/mol. The smallest absolute Gasteiger partial charge is 0.162 e. The highest BCUT2D eigenvalue weighted by Gasteiger charge is 2.19. The molecule has 0 aliphatic rings. The Morgan fingerprint density at radius 1 is 0.850 bits per heavy atom. The van der Waals surface area contributed by atoms with Crippen LogP contribution in [0.3, 0.4) is 0 Å². The molecule has 20 heavy (non-hydrogen) atoms. The largest absolute Gasteiger partial charge is 0.198 e. The van der Waals surface area contributed by atoms with Crippen molar-refractivity contribution in [3.63, 3.8) is 0 Å². The van der Waals surface area contributed by atoms with E-state index in [1.807, 2.05) is 19.1 Å². The van der Waals surface area contributed by atoms with Gasteiger partial charge < -0.3 is 0 Å². The predicted octanol–water partition coefficient (Wildman–Crippen LogP) is 4.24. The van der Waals surface area contributed by atoms with Gasteiger partial charge in [-0.15, -0.1) is 0 Å². The van der Waals surface area contributed by atoms with Crippen LogP contribution in [-0.2, 0) is 0 Å². The average molecular weight is 275 g/mol. The van der Waals surface area contributed by atoms with Crippen LogP contribution in [0.1, 0.15) is 54.9 Å². The Labute approximate surface area is 122 Å². The molecular weight excluding hydrogens is 250 g/mol. The van der Waals surface area contributed by atoms with E-state index >= 15 is 0 Å². The van der Waals surface area contributed by atoms with E-state index in [0.717, 1.165) is 6.42 Å². The third-order valence-corrected chi connectivity index (χ3v) is 2.14. The summed E-state index contributed by atoms with van der Waals surface area (Å²) in [4.78, 5) is 0. The maximum absolute atomic E-state index is 8.58. The van der Waals surface area contributed by atoms with Gasteiger partial charge in [0.15, 0.2) is 11.1 Å². The Morgan fingerprint density at radius 2 is 1.20 bits per heavy atom. The van der Waals surface area contributed by atoms with Crippen molar-refractivity contribution >= 4 is 0 Å². The zero-order valence-electron chi connectivity index (χ0n) is 13.6. The van der Waals surface area contributed by atoms with Gasteiger partial charge in [0.2, 0.25) is 0 Å². The molecule has 0 spiro atoms. The lowest BCUT2D eigenvalue weighted by atomic mass is 10.0. The van der Waals surface area contributed by atoms with E-state index in [1.165, 1.54) is 0 Å². The number of azo groups is 1. The fraction of sp³-hybridized carbons (Fsp3) is 0.800. The Bertz CT molecular complexity index is 399. The summed E-state index contributed by atoms with van der Waals surface area (Å²) >= 11 is 0. The highest BCUT2D eigenvalue weighted by molar-refractivity contribution is 5.03. The standard InChI is InChI=1S/C8H12N4.C7H13N/c1-7(2,5-9)11-12-8(3,4)6-10;1-6(2)4-7(3)5-8/h1-4H3;6-7H,4H2,1-3H3. The van der Waals surface area contributed by atoms with Crippen LogP contribution in [-0.4, -0.2) is 11.1 Å². The van der Waals surface area contributed by atoms with Crippen LogP contribution < -0.4 is 0 Å². The molecule has 0 radical (unpaired) electrons. The van der Waals surface area contributed by atoms with Crippen molar-refractivity contribution in [1.29, 1.82) is 15.8 Å². The summed E-state index contributed by atoms with van der Waals surface area (Å²) in [6.45, 7) is 12.8. The molecular formula is C15H25N5.